The molecule has 1 amide bonds. The summed E-state index contributed by atoms with van der Waals surface area (Å²) in [5.74, 6) is 0. The Morgan fingerprint density at radius 1 is 1.67 bits per heavy atom. The molecule has 1 unspecified atom stereocenters. The molecule has 0 radical (unpaired) electrons. The lowest BCUT2D eigenvalue weighted by molar-refractivity contribution is 0.0515. The van der Waals surface area contributed by atoms with E-state index in [2.05, 4.69) is 5.32 Å². The van der Waals surface area contributed by atoms with E-state index in [0.29, 0.717) is 0 Å². The summed E-state index contributed by atoms with van der Waals surface area (Å²) < 4.78 is 4.35. The SMILES string of the molecule is CC(C)(C)OC(=O)NCC(O)I. The van der Waals surface area contributed by atoms with Crippen molar-refractivity contribution >= 4 is 28.7 Å². The minimum atomic E-state index is -0.574. The fourth-order valence-corrected chi connectivity index (χ4v) is 0.702. The lowest BCUT2D eigenvalue weighted by Crippen LogP contribution is -2.35. The van der Waals surface area contributed by atoms with E-state index in [9.17, 15) is 4.79 Å². The van der Waals surface area contributed by atoms with Gasteiger partial charge in [-0.2, -0.15) is 0 Å². The Hall–Kier alpha value is -0.0400. The molecule has 0 rings (SSSR count). The highest BCUT2D eigenvalue weighted by atomic mass is 127. The van der Waals surface area contributed by atoms with Crippen LogP contribution < -0.4 is 5.32 Å². The van der Waals surface area contributed by atoms with E-state index in [1.807, 2.05) is 0 Å². The third-order valence-corrected chi connectivity index (χ3v) is 1.25. The van der Waals surface area contributed by atoms with E-state index in [-0.39, 0.29) is 6.54 Å². The van der Waals surface area contributed by atoms with Crippen molar-refractivity contribution in [2.75, 3.05) is 6.54 Å². The van der Waals surface area contributed by atoms with Gasteiger partial charge in [0.1, 0.15) is 9.71 Å². The molecule has 0 aromatic heterocycles. The van der Waals surface area contributed by atoms with Crippen molar-refractivity contribution in [1.82, 2.24) is 5.32 Å². The van der Waals surface area contributed by atoms with Gasteiger partial charge < -0.3 is 15.2 Å². The average molecular weight is 287 g/mol. The quantitative estimate of drug-likeness (QED) is 0.594. The molecule has 0 heterocycles. The molecule has 0 spiro atoms. The summed E-state index contributed by atoms with van der Waals surface area (Å²) in [4.78, 5) is 10.9. The average Bonchev–Trinajstić information content (AvgIpc) is 1.79. The summed E-state index contributed by atoms with van der Waals surface area (Å²) in [6.07, 6.45) is -0.502. The zero-order valence-corrected chi connectivity index (χ0v) is 9.58. The fraction of sp³-hybridized carbons (Fsp3) is 0.857. The van der Waals surface area contributed by atoms with Crippen molar-refractivity contribution in [3.05, 3.63) is 0 Å². The van der Waals surface area contributed by atoms with Crippen molar-refractivity contribution < 1.29 is 14.6 Å². The van der Waals surface area contributed by atoms with Gasteiger partial charge in [0.2, 0.25) is 0 Å². The van der Waals surface area contributed by atoms with Gasteiger partial charge in [-0.3, -0.25) is 0 Å². The van der Waals surface area contributed by atoms with Crippen LogP contribution in [-0.4, -0.2) is 27.5 Å². The minimum Gasteiger partial charge on any atom is -0.444 e. The molecule has 0 aliphatic carbocycles. The van der Waals surface area contributed by atoms with Crippen LogP contribution in [0.15, 0.2) is 0 Å². The Kier molecular flexibility index (Phi) is 4.84. The molecule has 1 atom stereocenters. The van der Waals surface area contributed by atoms with Gasteiger partial charge in [-0.25, -0.2) is 4.79 Å². The number of hydrogen-bond donors (Lipinski definition) is 2. The highest BCUT2D eigenvalue weighted by Crippen LogP contribution is 2.06. The van der Waals surface area contributed by atoms with Crippen LogP contribution in [0.5, 0.6) is 0 Å². The third kappa shape index (κ3) is 8.06. The van der Waals surface area contributed by atoms with Crippen LogP contribution in [0.25, 0.3) is 0 Å². The molecule has 0 aliphatic rings. The summed E-state index contributed by atoms with van der Waals surface area (Å²) in [6, 6.07) is 0. The maximum absolute atomic E-state index is 10.9. The molecular formula is C7H14INO3. The van der Waals surface area contributed by atoms with E-state index in [1.165, 1.54) is 0 Å². The number of nitrogens with one attached hydrogen (secondary N) is 1. The zero-order chi connectivity index (χ0) is 9.78. The molecule has 0 aromatic carbocycles. The van der Waals surface area contributed by atoms with E-state index in [4.69, 9.17) is 9.84 Å². The van der Waals surface area contributed by atoms with Gasteiger partial charge in [-0.05, 0) is 43.4 Å². The van der Waals surface area contributed by atoms with Crippen molar-refractivity contribution in [3.63, 3.8) is 0 Å². The van der Waals surface area contributed by atoms with E-state index in [1.54, 1.807) is 43.4 Å². The van der Waals surface area contributed by atoms with Crippen molar-refractivity contribution in [3.8, 4) is 0 Å². The van der Waals surface area contributed by atoms with Crippen LogP contribution in [0.1, 0.15) is 20.8 Å². The number of rotatable bonds is 2. The number of aliphatic hydroxyl groups excluding tert-OH is 1. The summed E-state index contributed by atoms with van der Waals surface area (Å²) in [5, 5.41) is 11.2. The minimum absolute atomic E-state index is 0.204. The molecule has 0 aromatic rings. The smallest absolute Gasteiger partial charge is 0.407 e. The van der Waals surface area contributed by atoms with Gasteiger partial charge >= 0.3 is 6.09 Å². The normalized spacial score (nSPS) is 13.8. The molecule has 0 saturated heterocycles. The number of hydrogen-bond acceptors (Lipinski definition) is 3. The van der Waals surface area contributed by atoms with Gasteiger partial charge in [0, 0.05) is 0 Å². The standard InChI is InChI=1S/C7H14INO3/c1-7(2,3)12-6(11)9-4-5(8)10/h5,10H,4H2,1-3H3,(H,9,11). The van der Waals surface area contributed by atoms with Crippen molar-refractivity contribution in [1.29, 1.82) is 0 Å². The lowest BCUT2D eigenvalue weighted by Gasteiger charge is -2.19. The number of carbonyl (C=O) groups is 1. The topological polar surface area (TPSA) is 58.6 Å². The van der Waals surface area contributed by atoms with E-state index < -0.39 is 15.8 Å². The summed E-state index contributed by atoms with van der Waals surface area (Å²) >= 11 is 1.80. The first-order valence-corrected chi connectivity index (χ1v) is 4.85. The van der Waals surface area contributed by atoms with Crippen molar-refractivity contribution in [2.45, 2.75) is 30.5 Å². The molecule has 0 bridgehead atoms. The largest absolute Gasteiger partial charge is 0.444 e. The number of ether oxygens (including phenoxy) is 1. The van der Waals surface area contributed by atoms with Crippen LogP contribution in [-0.2, 0) is 4.74 Å². The maximum atomic E-state index is 10.9. The van der Waals surface area contributed by atoms with Gasteiger partial charge in [-0.15, -0.1) is 0 Å². The number of amides is 1. The molecule has 5 heteroatoms. The van der Waals surface area contributed by atoms with Crippen molar-refractivity contribution in [2.24, 2.45) is 0 Å². The Labute approximate surface area is 85.8 Å². The Bertz CT molecular complexity index is 153. The van der Waals surface area contributed by atoms with Gasteiger partial charge in [0.15, 0.2) is 0 Å². The molecule has 0 fully saturated rings. The van der Waals surface area contributed by atoms with Crippen LogP contribution >= 0.6 is 22.6 Å². The summed E-state index contributed by atoms with van der Waals surface area (Å²) in [6.45, 7) is 5.56. The number of halogens is 1. The second-order valence-electron chi connectivity index (χ2n) is 3.32. The van der Waals surface area contributed by atoms with Gasteiger partial charge in [0.25, 0.3) is 0 Å². The molecular weight excluding hydrogens is 273 g/mol. The predicted octanol–water partition coefficient (Wildman–Crippen LogP) is 1.26. The molecule has 0 aliphatic heterocycles. The highest BCUT2D eigenvalue weighted by Gasteiger charge is 2.15. The molecule has 2 N–H and O–H groups in total. The Balaban J connectivity index is 3.61. The fourth-order valence-electron chi connectivity index (χ4n) is 0.482. The molecule has 72 valence electrons. The first kappa shape index (κ1) is 12.0. The number of carbonyl (C=O) groups excluding carboxylic acids is 1. The van der Waals surface area contributed by atoms with Gasteiger partial charge in [-0.1, -0.05) is 0 Å². The number of alkyl halides is 1. The third-order valence-electron chi connectivity index (χ3n) is 0.814. The number of alkyl carbamates (subject to hydrolysis) is 1. The first-order chi connectivity index (χ1) is 5.31. The predicted molar refractivity (Wildman–Crippen MR) is 54.3 cm³/mol. The first-order valence-electron chi connectivity index (χ1n) is 3.60. The molecule has 4 nitrogen and oxygen atoms in total. The highest BCUT2D eigenvalue weighted by molar-refractivity contribution is 14.1. The van der Waals surface area contributed by atoms with Gasteiger partial charge in [0.05, 0.1) is 6.54 Å². The van der Waals surface area contributed by atoms with E-state index in [0.717, 1.165) is 0 Å². The van der Waals surface area contributed by atoms with E-state index >= 15 is 0 Å². The molecule has 12 heavy (non-hydrogen) atoms. The summed E-state index contributed by atoms with van der Waals surface area (Å²) in [5.41, 5.74) is -0.486. The Morgan fingerprint density at radius 2 is 2.17 bits per heavy atom. The molecule has 0 saturated carbocycles. The van der Waals surface area contributed by atoms with Crippen LogP contribution in [0.3, 0.4) is 0 Å². The summed E-state index contributed by atoms with van der Waals surface area (Å²) in [7, 11) is 0. The monoisotopic (exact) mass is 287 g/mol. The van der Waals surface area contributed by atoms with Crippen LogP contribution in [0.4, 0.5) is 4.79 Å². The maximum Gasteiger partial charge on any atom is 0.407 e. The second-order valence-corrected chi connectivity index (χ2v) is 4.76. The zero-order valence-electron chi connectivity index (χ0n) is 7.43. The number of aliphatic hydroxyl groups is 1. The van der Waals surface area contributed by atoms with Crippen LogP contribution in [0.2, 0.25) is 0 Å². The lowest BCUT2D eigenvalue weighted by atomic mass is 10.2. The Morgan fingerprint density at radius 3 is 2.50 bits per heavy atom. The van der Waals surface area contributed by atoms with Crippen LogP contribution in [0, 0.1) is 0 Å². The second kappa shape index (κ2) is 4.86.